The van der Waals surface area contributed by atoms with Gasteiger partial charge in [0.15, 0.2) is 11.5 Å². The Balaban J connectivity index is 1.41. The lowest BCUT2D eigenvalue weighted by atomic mass is 10.2. The molecule has 6 heteroatoms. The first-order valence-electron chi connectivity index (χ1n) is 8.18. The normalized spacial score (nSPS) is 14.1. The van der Waals surface area contributed by atoms with Crippen molar-refractivity contribution in [1.82, 2.24) is 4.90 Å². The Morgan fingerprint density at radius 3 is 2.84 bits per heavy atom. The fourth-order valence-electron chi connectivity index (χ4n) is 2.75. The number of aliphatic hydroxyl groups is 1. The van der Waals surface area contributed by atoms with Gasteiger partial charge in [-0.3, -0.25) is 4.90 Å². The molecule has 0 aliphatic carbocycles. The average Bonchev–Trinajstić information content (AvgIpc) is 3.04. The van der Waals surface area contributed by atoms with E-state index in [4.69, 9.17) is 14.2 Å². The van der Waals surface area contributed by atoms with E-state index in [0.717, 1.165) is 17.1 Å². The number of ether oxygens (including phenoxy) is 3. The second-order valence-corrected chi connectivity index (χ2v) is 6.14. The van der Waals surface area contributed by atoms with Crippen molar-refractivity contribution in [1.29, 1.82) is 0 Å². The molecule has 0 saturated heterocycles. The van der Waals surface area contributed by atoms with Crippen LogP contribution in [0, 0.1) is 5.82 Å². The minimum Gasteiger partial charge on any atom is -0.454 e. The molecule has 1 aliphatic rings. The lowest BCUT2D eigenvalue weighted by Crippen LogP contribution is -2.31. The third-order valence-corrected chi connectivity index (χ3v) is 3.94. The Kier molecular flexibility index (Phi) is 5.86. The summed E-state index contributed by atoms with van der Waals surface area (Å²) < 4.78 is 29.6. The molecule has 5 nitrogen and oxygen atoms in total. The van der Waals surface area contributed by atoms with Gasteiger partial charge in [-0.15, -0.1) is 0 Å². The van der Waals surface area contributed by atoms with Gasteiger partial charge in [0.1, 0.15) is 5.82 Å². The van der Waals surface area contributed by atoms with Gasteiger partial charge >= 0.3 is 0 Å². The van der Waals surface area contributed by atoms with Gasteiger partial charge in [0.05, 0.1) is 19.3 Å². The van der Waals surface area contributed by atoms with E-state index >= 15 is 0 Å². The summed E-state index contributed by atoms with van der Waals surface area (Å²) in [7, 11) is 1.92. The molecular weight excluding hydrogens is 325 g/mol. The topological polar surface area (TPSA) is 51.2 Å². The van der Waals surface area contributed by atoms with Crippen molar-refractivity contribution < 1.29 is 23.7 Å². The van der Waals surface area contributed by atoms with Crippen LogP contribution in [0.15, 0.2) is 42.5 Å². The monoisotopic (exact) mass is 347 g/mol. The second kappa shape index (κ2) is 8.29. The molecule has 0 amide bonds. The molecular formula is C19H22FNO4. The fraction of sp³-hybridized carbons (Fsp3) is 0.368. The zero-order chi connectivity index (χ0) is 17.6. The van der Waals surface area contributed by atoms with Gasteiger partial charge in [-0.1, -0.05) is 24.3 Å². The van der Waals surface area contributed by atoms with Gasteiger partial charge in [-0.05, 0) is 30.8 Å². The molecule has 0 bridgehead atoms. The third kappa shape index (κ3) is 4.92. The highest BCUT2D eigenvalue weighted by molar-refractivity contribution is 5.44. The van der Waals surface area contributed by atoms with Gasteiger partial charge in [-0.25, -0.2) is 4.39 Å². The summed E-state index contributed by atoms with van der Waals surface area (Å²) in [4.78, 5) is 1.99. The second-order valence-electron chi connectivity index (χ2n) is 6.14. The number of rotatable bonds is 8. The van der Waals surface area contributed by atoms with Crippen LogP contribution in [-0.4, -0.2) is 43.1 Å². The Morgan fingerprint density at radius 2 is 2.00 bits per heavy atom. The maximum atomic E-state index is 13.5. The summed E-state index contributed by atoms with van der Waals surface area (Å²) >= 11 is 0. The summed E-state index contributed by atoms with van der Waals surface area (Å²) in [6.45, 7) is 1.68. The van der Waals surface area contributed by atoms with Gasteiger partial charge in [0, 0.05) is 18.7 Å². The Hall–Kier alpha value is -2.15. The van der Waals surface area contributed by atoms with E-state index in [1.54, 1.807) is 18.2 Å². The van der Waals surface area contributed by atoms with E-state index in [2.05, 4.69) is 0 Å². The average molecular weight is 347 g/mol. The number of benzene rings is 2. The number of hydrogen-bond donors (Lipinski definition) is 1. The summed E-state index contributed by atoms with van der Waals surface area (Å²) in [5.41, 5.74) is 1.56. The fourth-order valence-corrected chi connectivity index (χ4v) is 2.75. The Labute approximate surface area is 146 Å². The number of hydrogen-bond acceptors (Lipinski definition) is 5. The number of aliphatic hydroxyl groups excluding tert-OH is 1. The first kappa shape index (κ1) is 17.7. The maximum absolute atomic E-state index is 13.5. The third-order valence-electron chi connectivity index (χ3n) is 3.94. The maximum Gasteiger partial charge on any atom is 0.231 e. The number of halogens is 1. The van der Waals surface area contributed by atoms with Crippen LogP contribution in [0.3, 0.4) is 0 Å². The Bertz CT molecular complexity index is 710. The SMILES string of the molecule is CN(Cc1ccc2c(c1)OCO2)CC(O)COCc1ccccc1F. The molecule has 1 atom stereocenters. The molecule has 0 saturated carbocycles. The minimum atomic E-state index is -0.647. The van der Waals surface area contributed by atoms with Gasteiger partial charge < -0.3 is 19.3 Å². The van der Waals surface area contributed by atoms with Crippen molar-refractivity contribution >= 4 is 0 Å². The van der Waals surface area contributed by atoms with Gasteiger partial charge in [-0.2, -0.15) is 0 Å². The molecule has 1 heterocycles. The van der Waals surface area contributed by atoms with Crippen molar-refractivity contribution in [2.24, 2.45) is 0 Å². The van der Waals surface area contributed by atoms with E-state index in [0.29, 0.717) is 18.7 Å². The highest BCUT2D eigenvalue weighted by atomic mass is 19.1. The lowest BCUT2D eigenvalue weighted by molar-refractivity contribution is 0.0119. The molecule has 1 aliphatic heterocycles. The van der Waals surface area contributed by atoms with Crippen molar-refractivity contribution in [3.05, 3.63) is 59.4 Å². The van der Waals surface area contributed by atoms with E-state index in [-0.39, 0.29) is 25.8 Å². The van der Waals surface area contributed by atoms with Gasteiger partial charge in [0.25, 0.3) is 0 Å². The number of likely N-dealkylation sites (N-methyl/N-ethyl adjacent to an activating group) is 1. The first-order chi connectivity index (χ1) is 12.1. The van der Waals surface area contributed by atoms with Crippen molar-refractivity contribution in [3.8, 4) is 11.5 Å². The lowest BCUT2D eigenvalue weighted by Gasteiger charge is -2.20. The Morgan fingerprint density at radius 1 is 1.20 bits per heavy atom. The summed E-state index contributed by atoms with van der Waals surface area (Å²) in [5, 5.41) is 10.1. The van der Waals surface area contributed by atoms with Crippen LogP contribution in [-0.2, 0) is 17.9 Å². The van der Waals surface area contributed by atoms with E-state index in [1.807, 2.05) is 30.1 Å². The quantitative estimate of drug-likeness (QED) is 0.795. The molecule has 25 heavy (non-hydrogen) atoms. The highest BCUT2D eigenvalue weighted by Gasteiger charge is 2.15. The number of nitrogens with zero attached hydrogens (tertiary/aromatic N) is 1. The van der Waals surface area contributed by atoms with Crippen molar-refractivity contribution in [2.45, 2.75) is 19.3 Å². The number of fused-ring (bicyclic) bond motifs is 1. The highest BCUT2D eigenvalue weighted by Crippen LogP contribution is 2.32. The molecule has 1 N–H and O–H groups in total. The summed E-state index contributed by atoms with van der Waals surface area (Å²) in [6, 6.07) is 12.3. The molecule has 3 rings (SSSR count). The van der Waals surface area contributed by atoms with E-state index in [9.17, 15) is 9.50 Å². The molecule has 0 aromatic heterocycles. The van der Waals surface area contributed by atoms with Crippen LogP contribution in [0.1, 0.15) is 11.1 Å². The van der Waals surface area contributed by atoms with Crippen molar-refractivity contribution in [3.63, 3.8) is 0 Å². The smallest absolute Gasteiger partial charge is 0.231 e. The zero-order valence-corrected chi connectivity index (χ0v) is 14.2. The molecule has 134 valence electrons. The zero-order valence-electron chi connectivity index (χ0n) is 14.2. The predicted octanol–water partition coefficient (Wildman–Crippen LogP) is 2.56. The molecule has 0 radical (unpaired) electrons. The molecule has 2 aromatic rings. The van der Waals surface area contributed by atoms with E-state index < -0.39 is 6.10 Å². The summed E-state index contributed by atoms with van der Waals surface area (Å²) in [5.74, 6) is 1.21. The molecule has 0 spiro atoms. The van der Waals surface area contributed by atoms with E-state index in [1.165, 1.54) is 6.07 Å². The van der Waals surface area contributed by atoms with Crippen molar-refractivity contribution in [2.75, 3.05) is 27.0 Å². The van der Waals surface area contributed by atoms with Crippen LogP contribution in [0.4, 0.5) is 4.39 Å². The largest absolute Gasteiger partial charge is 0.454 e. The molecule has 0 fully saturated rings. The minimum absolute atomic E-state index is 0.148. The molecule has 1 unspecified atom stereocenters. The molecule has 2 aromatic carbocycles. The standard InChI is InChI=1S/C19H22FNO4/c1-21(9-14-6-7-18-19(8-14)25-13-24-18)10-16(22)12-23-11-15-4-2-3-5-17(15)20/h2-8,16,22H,9-13H2,1H3. The van der Waals surface area contributed by atoms with Gasteiger partial charge in [0.2, 0.25) is 6.79 Å². The van der Waals surface area contributed by atoms with Crippen LogP contribution < -0.4 is 9.47 Å². The summed E-state index contributed by atoms with van der Waals surface area (Å²) in [6.07, 6.45) is -0.647. The van der Waals surface area contributed by atoms with Crippen LogP contribution >= 0.6 is 0 Å². The van der Waals surface area contributed by atoms with Crippen LogP contribution in [0.25, 0.3) is 0 Å². The predicted molar refractivity (Wildman–Crippen MR) is 91.0 cm³/mol. The van der Waals surface area contributed by atoms with Crippen LogP contribution in [0.5, 0.6) is 11.5 Å². The van der Waals surface area contributed by atoms with Crippen LogP contribution in [0.2, 0.25) is 0 Å². The first-order valence-corrected chi connectivity index (χ1v) is 8.18.